The first-order valence-corrected chi connectivity index (χ1v) is 20.2. The summed E-state index contributed by atoms with van der Waals surface area (Å²) >= 11 is 0. The number of nitrogens with one attached hydrogen (secondary N) is 6. The molecule has 330 valence electrons. The molecule has 0 spiro atoms. The fraction of sp³-hybridized carbons (Fsp3) is 0.757. The fourth-order valence-corrected chi connectivity index (χ4v) is 7.95. The van der Waals surface area contributed by atoms with Crippen LogP contribution in [0.25, 0.3) is 0 Å². The standard InChI is InChI=1S/C37H59N9O13/c1-18(29(50)41-23(17-47)31(52)43-28(21(4)49)37(58)59)39-32(53)24-10-6-14-44(24)35(56)26-12-8-16-46(26)36(57)25-11-7-15-45(25)34(55)19(2)40-33(54)27(20(3)48)42-30(51)22-9-5-13-38-22/h18-28,38,47-49H,5-17H2,1-4H3,(H,39,53)(H,40,54)(H,41,50)(H,42,51)(H,43,52)(H,58,59)/t18-,19-,20+,21+,22-,23-,24-,25-,26-,27-,28-/m0/s1. The van der Waals surface area contributed by atoms with Crippen molar-refractivity contribution in [3.63, 3.8) is 0 Å². The van der Waals surface area contributed by atoms with Crippen LogP contribution in [0.2, 0.25) is 0 Å². The largest absolute Gasteiger partial charge is 0.480 e. The van der Waals surface area contributed by atoms with Crippen LogP contribution in [0.15, 0.2) is 0 Å². The molecule has 11 atom stereocenters. The number of hydrogen-bond acceptors (Lipinski definition) is 13. The molecule has 0 aromatic carbocycles. The van der Waals surface area contributed by atoms with Crippen molar-refractivity contribution in [2.45, 2.75) is 146 Å². The number of rotatable bonds is 17. The van der Waals surface area contributed by atoms with Gasteiger partial charge in [0.25, 0.3) is 0 Å². The van der Waals surface area contributed by atoms with Gasteiger partial charge in [-0.3, -0.25) is 38.4 Å². The Balaban J connectivity index is 1.34. The molecule has 8 amide bonds. The van der Waals surface area contributed by atoms with Gasteiger partial charge in [0.1, 0.15) is 42.3 Å². The van der Waals surface area contributed by atoms with Crippen LogP contribution in [0.3, 0.4) is 0 Å². The van der Waals surface area contributed by atoms with E-state index in [1.807, 2.05) is 5.32 Å². The SMILES string of the molecule is C[C@H](NC(=O)[C@@H]1CCCN1C(=O)[C@@H]1CCCN1C(=O)[C@@H]1CCCN1C(=O)[C@H](C)NC(=O)[C@@H](NC(=O)[C@@H]1CCCN1)[C@@H](C)O)C(=O)N[C@@H](CO)C(=O)N[C@H](C(=O)O)[C@@H](C)O. The van der Waals surface area contributed by atoms with Crippen LogP contribution in [0.5, 0.6) is 0 Å². The molecule has 0 aliphatic carbocycles. The Labute approximate surface area is 341 Å². The smallest absolute Gasteiger partial charge is 0.328 e. The van der Waals surface area contributed by atoms with Gasteiger partial charge in [-0.15, -0.1) is 0 Å². The highest BCUT2D eigenvalue weighted by atomic mass is 16.4. The van der Waals surface area contributed by atoms with Gasteiger partial charge in [-0.05, 0) is 85.6 Å². The average molecular weight is 838 g/mol. The topological polar surface area (TPSA) is 316 Å². The van der Waals surface area contributed by atoms with Crippen molar-refractivity contribution in [2.75, 3.05) is 32.8 Å². The molecule has 22 heteroatoms. The number of carboxylic acids is 1. The molecular formula is C37H59N9O13. The van der Waals surface area contributed by atoms with Crippen LogP contribution in [-0.4, -0.2) is 188 Å². The summed E-state index contributed by atoms with van der Waals surface area (Å²) in [5.41, 5.74) is 0. The zero-order valence-corrected chi connectivity index (χ0v) is 33.8. The van der Waals surface area contributed by atoms with E-state index in [0.717, 1.165) is 13.3 Å². The lowest BCUT2D eigenvalue weighted by Gasteiger charge is -2.35. The van der Waals surface area contributed by atoms with E-state index in [2.05, 4.69) is 26.6 Å². The average Bonchev–Trinajstić information content (AvgIpc) is 4.03. The fourth-order valence-electron chi connectivity index (χ4n) is 7.95. The minimum absolute atomic E-state index is 0.202. The summed E-state index contributed by atoms with van der Waals surface area (Å²) in [5.74, 6) is -6.84. The molecular weight excluding hydrogens is 778 g/mol. The number of aliphatic hydroxyl groups excluding tert-OH is 3. The van der Waals surface area contributed by atoms with Crippen LogP contribution in [0, 0.1) is 0 Å². The third kappa shape index (κ3) is 11.4. The van der Waals surface area contributed by atoms with Gasteiger partial charge < -0.3 is 67.0 Å². The molecule has 0 unspecified atom stereocenters. The molecule has 0 aromatic heterocycles. The minimum Gasteiger partial charge on any atom is -0.480 e. The Bertz CT molecular complexity index is 1610. The first-order chi connectivity index (χ1) is 27.9. The molecule has 4 rings (SSSR count). The van der Waals surface area contributed by atoms with Gasteiger partial charge in [0.2, 0.25) is 47.3 Å². The quantitative estimate of drug-likeness (QED) is 0.0657. The summed E-state index contributed by atoms with van der Waals surface area (Å²) in [7, 11) is 0. The van der Waals surface area contributed by atoms with E-state index in [1.165, 1.54) is 35.5 Å². The lowest BCUT2D eigenvalue weighted by molar-refractivity contribution is -0.151. The van der Waals surface area contributed by atoms with Crippen molar-refractivity contribution < 1.29 is 63.6 Å². The number of carbonyl (C=O) groups is 9. The van der Waals surface area contributed by atoms with Gasteiger partial charge in [0.05, 0.1) is 24.9 Å². The monoisotopic (exact) mass is 837 g/mol. The second-order valence-corrected chi connectivity index (χ2v) is 15.7. The van der Waals surface area contributed by atoms with Crippen molar-refractivity contribution in [3.05, 3.63) is 0 Å². The van der Waals surface area contributed by atoms with Crippen LogP contribution < -0.4 is 31.9 Å². The summed E-state index contributed by atoms with van der Waals surface area (Å²) in [6, 6.07) is -10.3. The van der Waals surface area contributed by atoms with E-state index in [-0.39, 0.29) is 26.1 Å². The number of nitrogens with zero attached hydrogens (tertiary/aromatic N) is 3. The number of likely N-dealkylation sites (tertiary alicyclic amines) is 3. The van der Waals surface area contributed by atoms with Crippen LogP contribution in [-0.2, 0) is 43.2 Å². The lowest BCUT2D eigenvalue weighted by atomic mass is 10.1. The van der Waals surface area contributed by atoms with Crippen molar-refractivity contribution in [2.24, 2.45) is 0 Å². The van der Waals surface area contributed by atoms with E-state index < -0.39 is 126 Å². The molecule has 0 bridgehead atoms. The highest BCUT2D eigenvalue weighted by Gasteiger charge is 2.46. The predicted molar refractivity (Wildman–Crippen MR) is 204 cm³/mol. The van der Waals surface area contributed by atoms with Gasteiger partial charge in [-0.25, -0.2) is 4.79 Å². The summed E-state index contributed by atoms with van der Waals surface area (Å²) in [5, 5.41) is 53.7. The summed E-state index contributed by atoms with van der Waals surface area (Å²) in [4.78, 5) is 122. The molecule has 4 aliphatic heterocycles. The molecule has 0 aromatic rings. The zero-order chi connectivity index (χ0) is 43.7. The number of aliphatic carboxylic acids is 1. The van der Waals surface area contributed by atoms with Gasteiger partial charge in [0.15, 0.2) is 6.04 Å². The summed E-state index contributed by atoms with van der Waals surface area (Å²) in [6.45, 7) is 5.64. The second-order valence-electron chi connectivity index (χ2n) is 15.7. The van der Waals surface area contributed by atoms with E-state index in [4.69, 9.17) is 0 Å². The number of carbonyl (C=O) groups excluding carboxylic acids is 8. The molecule has 22 nitrogen and oxygen atoms in total. The maximum absolute atomic E-state index is 14.1. The molecule has 59 heavy (non-hydrogen) atoms. The lowest BCUT2D eigenvalue weighted by Crippen LogP contribution is -2.60. The second kappa shape index (κ2) is 20.9. The van der Waals surface area contributed by atoms with Gasteiger partial charge in [-0.2, -0.15) is 0 Å². The van der Waals surface area contributed by atoms with E-state index in [1.54, 1.807) is 0 Å². The molecule has 4 saturated heterocycles. The molecule has 10 N–H and O–H groups in total. The van der Waals surface area contributed by atoms with Crippen LogP contribution >= 0.6 is 0 Å². The third-order valence-electron chi connectivity index (χ3n) is 11.3. The van der Waals surface area contributed by atoms with Crippen molar-refractivity contribution in [1.82, 2.24) is 46.6 Å². The maximum Gasteiger partial charge on any atom is 0.328 e. The molecule has 4 aliphatic rings. The summed E-state index contributed by atoms with van der Waals surface area (Å²) < 4.78 is 0. The normalized spacial score (nSPS) is 25.2. The minimum atomic E-state index is -1.71. The Morgan fingerprint density at radius 1 is 0.593 bits per heavy atom. The Morgan fingerprint density at radius 3 is 1.66 bits per heavy atom. The number of carboxylic acid groups (broad SMARTS) is 1. The Kier molecular flexibility index (Phi) is 16.5. The van der Waals surface area contributed by atoms with Gasteiger partial charge in [0, 0.05) is 19.6 Å². The highest BCUT2D eigenvalue weighted by Crippen LogP contribution is 2.29. The number of amides is 8. The van der Waals surface area contributed by atoms with Crippen molar-refractivity contribution >= 4 is 53.2 Å². The Morgan fingerprint density at radius 2 is 1.14 bits per heavy atom. The molecule has 4 fully saturated rings. The number of hydrogen-bond donors (Lipinski definition) is 10. The molecule has 4 heterocycles. The predicted octanol–water partition coefficient (Wildman–Crippen LogP) is -4.99. The Hall–Kier alpha value is -4.93. The summed E-state index contributed by atoms with van der Waals surface area (Å²) in [6.07, 6.45) is 0.960. The first-order valence-electron chi connectivity index (χ1n) is 20.2. The van der Waals surface area contributed by atoms with Crippen LogP contribution in [0.4, 0.5) is 0 Å². The number of aliphatic hydroxyl groups is 3. The van der Waals surface area contributed by atoms with Crippen molar-refractivity contribution in [1.29, 1.82) is 0 Å². The first kappa shape index (κ1) is 46.8. The maximum atomic E-state index is 14.1. The highest BCUT2D eigenvalue weighted by molar-refractivity contribution is 5.98. The molecule has 0 radical (unpaired) electrons. The van der Waals surface area contributed by atoms with Gasteiger partial charge in [-0.1, -0.05) is 0 Å². The van der Waals surface area contributed by atoms with E-state index >= 15 is 0 Å². The zero-order valence-electron chi connectivity index (χ0n) is 33.8. The van der Waals surface area contributed by atoms with E-state index in [9.17, 15) is 63.6 Å². The van der Waals surface area contributed by atoms with Crippen LogP contribution in [0.1, 0.15) is 79.1 Å². The van der Waals surface area contributed by atoms with E-state index in [0.29, 0.717) is 45.1 Å². The van der Waals surface area contributed by atoms with Crippen molar-refractivity contribution in [3.8, 4) is 0 Å². The third-order valence-corrected chi connectivity index (χ3v) is 11.3. The molecule has 0 saturated carbocycles. The van der Waals surface area contributed by atoms with Gasteiger partial charge >= 0.3 is 5.97 Å².